The minimum atomic E-state index is -0.0177. The van der Waals surface area contributed by atoms with E-state index in [0.29, 0.717) is 19.0 Å². The summed E-state index contributed by atoms with van der Waals surface area (Å²) >= 11 is 0. The van der Waals surface area contributed by atoms with Gasteiger partial charge in [-0.1, -0.05) is 18.2 Å². The number of aliphatic imine (C=N–C) groups is 1. The maximum Gasteiger partial charge on any atom is 0.220 e. The number of amides is 1. The number of nitrogens with one attached hydrogen (secondary N) is 3. The van der Waals surface area contributed by atoms with Gasteiger partial charge in [0, 0.05) is 25.6 Å². The number of aryl methyl sites for hydroxylation is 1. The van der Waals surface area contributed by atoms with Gasteiger partial charge in [0.2, 0.25) is 5.91 Å². The summed E-state index contributed by atoms with van der Waals surface area (Å²) in [5.41, 5.74) is 1.12. The fourth-order valence-electron chi connectivity index (χ4n) is 2.49. The Morgan fingerprint density at radius 1 is 1.30 bits per heavy atom. The van der Waals surface area contributed by atoms with Gasteiger partial charge in [-0.2, -0.15) is 0 Å². The standard InChI is InChI=1S/C20H32N4O2.HI/c1-4-21-20(22-13-7-10-19(25)24-17-11-12-17)23-14-16(3)26-18-9-6-5-8-15(18)2;/h5-6,8-9,16-17H,4,7,10-14H2,1-3H3,(H,24,25)(H2,21,22,23);1H. The molecule has 0 bridgehead atoms. The van der Waals surface area contributed by atoms with E-state index >= 15 is 0 Å². The molecule has 1 saturated carbocycles. The van der Waals surface area contributed by atoms with Gasteiger partial charge in [0.1, 0.15) is 11.9 Å². The third kappa shape index (κ3) is 9.83. The molecule has 0 spiro atoms. The number of nitrogens with zero attached hydrogens (tertiary/aromatic N) is 1. The van der Waals surface area contributed by atoms with Gasteiger partial charge in [-0.3, -0.25) is 4.79 Å². The summed E-state index contributed by atoms with van der Waals surface area (Å²) in [5.74, 6) is 1.81. The van der Waals surface area contributed by atoms with Crippen LogP contribution in [0.1, 0.15) is 45.1 Å². The molecule has 0 aromatic heterocycles. The minimum Gasteiger partial charge on any atom is -0.489 e. The minimum absolute atomic E-state index is 0. The Morgan fingerprint density at radius 3 is 2.70 bits per heavy atom. The van der Waals surface area contributed by atoms with E-state index in [2.05, 4.69) is 20.9 Å². The first-order valence-electron chi connectivity index (χ1n) is 9.62. The van der Waals surface area contributed by atoms with Crippen molar-refractivity contribution in [3.8, 4) is 5.75 Å². The highest BCUT2D eigenvalue weighted by Crippen LogP contribution is 2.19. The van der Waals surface area contributed by atoms with Crippen molar-refractivity contribution < 1.29 is 9.53 Å². The van der Waals surface area contributed by atoms with Crippen molar-refractivity contribution in [1.82, 2.24) is 16.0 Å². The zero-order valence-corrected chi connectivity index (χ0v) is 18.9. The molecule has 1 aliphatic rings. The molecule has 0 aliphatic heterocycles. The summed E-state index contributed by atoms with van der Waals surface area (Å²) in [7, 11) is 0. The third-order valence-electron chi connectivity index (χ3n) is 4.09. The molecule has 1 amide bonds. The molecule has 27 heavy (non-hydrogen) atoms. The van der Waals surface area contributed by atoms with Gasteiger partial charge in [0.05, 0.1) is 6.54 Å². The Morgan fingerprint density at radius 2 is 2.04 bits per heavy atom. The van der Waals surface area contributed by atoms with Crippen LogP contribution in [0.15, 0.2) is 29.3 Å². The molecule has 1 aromatic rings. The lowest BCUT2D eigenvalue weighted by Gasteiger charge is -2.16. The van der Waals surface area contributed by atoms with Crippen molar-refractivity contribution in [2.24, 2.45) is 4.99 Å². The van der Waals surface area contributed by atoms with E-state index < -0.39 is 0 Å². The number of halogens is 1. The van der Waals surface area contributed by atoms with Crippen molar-refractivity contribution in [3.05, 3.63) is 29.8 Å². The first-order valence-corrected chi connectivity index (χ1v) is 9.62. The van der Waals surface area contributed by atoms with Crippen LogP contribution in [-0.4, -0.2) is 43.6 Å². The predicted octanol–water partition coefficient (Wildman–Crippen LogP) is 2.99. The van der Waals surface area contributed by atoms with Crippen LogP contribution in [-0.2, 0) is 4.79 Å². The lowest BCUT2D eigenvalue weighted by Crippen LogP contribution is -2.39. The SMILES string of the molecule is CCNC(=NCC(C)Oc1ccccc1C)NCCCC(=O)NC1CC1.I. The van der Waals surface area contributed by atoms with Crippen LogP contribution in [0.5, 0.6) is 5.75 Å². The number of hydrogen-bond donors (Lipinski definition) is 3. The number of carbonyl (C=O) groups excluding carboxylic acids is 1. The van der Waals surface area contributed by atoms with Gasteiger partial charge >= 0.3 is 0 Å². The Hall–Kier alpha value is -1.51. The number of ether oxygens (including phenoxy) is 1. The average molecular weight is 488 g/mol. The summed E-state index contributed by atoms with van der Waals surface area (Å²) in [6.07, 6.45) is 3.58. The molecule has 1 aliphatic carbocycles. The fourth-order valence-corrected chi connectivity index (χ4v) is 2.49. The largest absolute Gasteiger partial charge is 0.489 e. The molecule has 1 fully saturated rings. The monoisotopic (exact) mass is 488 g/mol. The van der Waals surface area contributed by atoms with Crippen LogP contribution in [0.25, 0.3) is 0 Å². The number of benzene rings is 1. The number of guanidine groups is 1. The number of rotatable bonds is 10. The molecule has 1 unspecified atom stereocenters. The summed E-state index contributed by atoms with van der Waals surface area (Å²) in [4.78, 5) is 16.3. The van der Waals surface area contributed by atoms with Crippen LogP contribution >= 0.6 is 24.0 Å². The molecule has 1 atom stereocenters. The second kappa shape index (κ2) is 12.8. The van der Waals surface area contributed by atoms with E-state index in [-0.39, 0.29) is 36.0 Å². The zero-order valence-electron chi connectivity index (χ0n) is 16.6. The molecule has 0 heterocycles. The van der Waals surface area contributed by atoms with Crippen LogP contribution in [0.3, 0.4) is 0 Å². The number of hydrogen-bond acceptors (Lipinski definition) is 3. The predicted molar refractivity (Wildman–Crippen MR) is 121 cm³/mol. The Balaban J connectivity index is 0.00000364. The van der Waals surface area contributed by atoms with Gasteiger partial charge in [-0.15, -0.1) is 24.0 Å². The highest BCUT2D eigenvalue weighted by atomic mass is 127. The van der Waals surface area contributed by atoms with E-state index in [1.54, 1.807) is 0 Å². The smallest absolute Gasteiger partial charge is 0.220 e. The highest BCUT2D eigenvalue weighted by molar-refractivity contribution is 14.0. The summed E-state index contributed by atoms with van der Waals surface area (Å²) in [6.45, 7) is 8.16. The molecule has 152 valence electrons. The zero-order chi connectivity index (χ0) is 18.8. The number of para-hydroxylation sites is 1. The van der Waals surface area contributed by atoms with Gasteiger partial charge in [0.25, 0.3) is 0 Å². The van der Waals surface area contributed by atoms with Crippen molar-refractivity contribution in [3.63, 3.8) is 0 Å². The molecule has 2 rings (SSSR count). The fraction of sp³-hybridized carbons (Fsp3) is 0.600. The molecule has 0 radical (unpaired) electrons. The van der Waals surface area contributed by atoms with Crippen molar-refractivity contribution in [2.45, 2.75) is 58.6 Å². The Kier molecular flexibility index (Phi) is 11.2. The van der Waals surface area contributed by atoms with Crippen LogP contribution in [0.4, 0.5) is 0 Å². The van der Waals surface area contributed by atoms with Crippen LogP contribution in [0.2, 0.25) is 0 Å². The van der Waals surface area contributed by atoms with E-state index in [9.17, 15) is 4.79 Å². The summed E-state index contributed by atoms with van der Waals surface area (Å²) in [6, 6.07) is 8.43. The lowest BCUT2D eigenvalue weighted by atomic mass is 10.2. The maximum atomic E-state index is 11.7. The normalized spacial score (nSPS) is 14.7. The molecular weight excluding hydrogens is 455 g/mol. The van der Waals surface area contributed by atoms with Gasteiger partial charge in [-0.25, -0.2) is 4.99 Å². The first kappa shape index (κ1) is 23.5. The van der Waals surface area contributed by atoms with Crippen molar-refractivity contribution in [2.75, 3.05) is 19.6 Å². The van der Waals surface area contributed by atoms with E-state index in [0.717, 1.165) is 49.6 Å². The van der Waals surface area contributed by atoms with Crippen LogP contribution in [0, 0.1) is 6.92 Å². The molecule has 6 nitrogen and oxygen atoms in total. The quantitative estimate of drug-likeness (QED) is 0.205. The third-order valence-corrected chi connectivity index (χ3v) is 4.09. The molecule has 7 heteroatoms. The van der Waals surface area contributed by atoms with Crippen molar-refractivity contribution >= 4 is 35.8 Å². The lowest BCUT2D eigenvalue weighted by molar-refractivity contribution is -0.121. The van der Waals surface area contributed by atoms with E-state index in [4.69, 9.17) is 4.74 Å². The maximum absolute atomic E-state index is 11.7. The van der Waals surface area contributed by atoms with Gasteiger partial charge in [0.15, 0.2) is 5.96 Å². The Bertz CT molecular complexity index is 605. The summed E-state index contributed by atoms with van der Waals surface area (Å²) in [5, 5.41) is 9.51. The van der Waals surface area contributed by atoms with Crippen molar-refractivity contribution in [1.29, 1.82) is 0 Å². The molecule has 0 saturated heterocycles. The Labute approximate surface area is 179 Å². The second-order valence-electron chi connectivity index (χ2n) is 6.79. The van der Waals surface area contributed by atoms with Crippen LogP contribution < -0.4 is 20.7 Å². The van der Waals surface area contributed by atoms with Gasteiger partial charge < -0.3 is 20.7 Å². The molecule has 3 N–H and O–H groups in total. The van der Waals surface area contributed by atoms with E-state index in [1.165, 1.54) is 0 Å². The first-order chi connectivity index (χ1) is 12.6. The van der Waals surface area contributed by atoms with E-state index in [1.807, 2.05) is 45.0 Å². The summed E-state index contributed by atoms with van der Waals surface area (Å²) < 4.78 is 5.96. The molecule has 1 aromatic carbocycles. The van der Waals surface area contributed by atoms with Gasteiger partial charge in [-0.05, 0) is 51.7 Å². The highest BCUT2D eigenvalue weighted by Gasteiger charge is 2.22. The topological polar surface area (TPSA) is 74.8 Å². The number of carbonyl (C=O) groups is 1. The average Bonchev–Trinajstić information content (AvgIpc) is 3.42. The molecular formula is C20H33IN4O2. The second-order valence-corrected chi connectivity index (χ2v) is 6.79.